The highest BCUT2D eigenvalue weighted by atomic mass is 35.5. The van der Waals surface area contributed by atoms with E-state index in [1.54, 1.807) is 6.20 Å². The Morgan fingerprint density at radius 2 is 1.92 bits per heavy atom. The summed E-state index contributed by atoms with van der Waals surface area (Å²) in [7, 11) is 0. The molecule has 2 heterocycles. The van der Waals surface area contributed by atoms with Crippen LogP contribution in [0.1, 0.15) is 38.7 Å². The Morgan fingerprint density at radius 3 is 2.54 bits per heavy atom. The van der Waals surface area contributed by atoms with Crippen molar-refractivity contribution in [3.63, 3.8) is 0 Å². The third-order valence-electron chi connectivity index (χ3n) is 5.07. The van der Waals surface area contributed by atoms with Crippen LogP contribution in [0.4, 0.5) is 11.5 Å². The van der Waals surface area contributed by atoms with E-state index in [-0.39, 0.29) is 0 Å². The molecule has 0 atom stereocenters. The second-order valence-electron chi connectivity index (χ2n) is 7.11. The molecule has 3 nitrogen and oxygen atoms in total. The zero-order chi connectivity index (χ0) is 18.4. The average molecular weight is 370 g/mol. The predicted octanol–water partition coefficient (Wildman–Crippen LogP) is 5.92. The monoisotopic (exact) mass is 369 g/mol. The number of pyridine rings is 1. The molecule has 1 fully saturated rings. The predicted molar refractivity (Wildman–Crippen MR) is 112 cm³/mol. The SMILES string of the molecule is CC/C(=C\Cc1ccc(N2CCC(C)CC2)cc1)Nc1ccc(Cl)cn1. The van der Waals surface area contributed by atoms with Crippen LogP contribution >= 0.6 is 11.6 Å². The van der Waals surface area contributed by atoms with Crippen molar-refractivity contribution in [1.29, 1.82) is 0 Å². The first-order chi connectivity index (χ1) is 12.6. The lowest BCUT2D eigenvalue weighted by Crippen LogP contribution is -2.32. The van der Waals surface area contributed by atoms with Gasteiger partial charge in [-0.2, -0.15) is 0 Å². The van der Waals surface area contributed by atoms with Crippen LogP contribution in [0.2, 0.25) is 5.02 Å². The number of nitrogens with one attached hydrogen (secondary N) is 1. The van der Waals surface area contributed by atoms with Gasteiger partial charge in [-0.1, -0.05) is 43.7 Å². The van der Waals surface area contributed by atoms with E-state index in [0.717, 1.165) is 24.6 Å². The van der Waals surface area contributed by atoms with Crippen molar-refractivity contribution >= 4 is 23.1 Å². The highest BCUT2D eigenvalue weighted by Crippen LogP contribution is 2.23. The Morgan fingerprint density at radius 1 is 1.19 bits per heavy atom. The largest absolute Gasteiger partial charge is 0.372 e. The van der Waals surface area contributed by atoms with E-state index in [9.17, 15) is 0 Å². The lowest BCUT2D eigenvalue weighted by atomic mass is 9.98. The maximum absolute atomic E-state index is 5.89. The number of rotatable bonds is 6. The van der Waals surface area contributed by atoms with Crippen molar-refractivity contribution in [3.8, 4) is 0 Å². The lowest BCUT2D eigenvalue weighted by Gasteiger charge is -2.32. The minimum absolute atomic E-state index is 0.654. The summed E-state index contributed by atoms with van der Waals surface area (Å²) in [5, 5.41) is 4.03. The van der Waals surface area contributed by atoms with E-state index in [2.05, 4.69) is 59.4 Å². The van der Waals surface area contributed by atoms with Gasteiger partial charge in [-0.3, -0.25) is 0 Å². The number of benzene rings is 1. The molecule has 0 aliphatic carbocycles. The van der Waals surface area contributed by atoms with E-state index in [4.69, 9.17) is 11.6 Å². The molecule has 0 unspecified atom stereocenters. The zero-order valence-corrected chi connectivity index (χ0v) is 16.5. The van der Waals surface area contributed by atoms with Crippen molar-refractivity contribution in [1.82, 2.24) is 4.98 Å². The Kier molecular flexibility index (Phi) is 6.56. The molecular weight excluding hydrogens is 342 g/mol. The van der Waals surface area contributed by atoms with Gasteiger partial charge in [0.2, 0.25) is 0 Å². The Labute approximate surface area is 162 Å². The van der Waals surface area contributed by atoms with Gasteiger partial charge in [0.05, 0.1) is 5.02 Å². The van der Waals surface area contributed by atoms with Crippen LogP contribution in [0.15, 0.2) is 54.4 Å². The van der Waals surface area contributed by atoms with Crippen molar-refractivity contribution in [3.05, 3.63) is 65.0 Å². The summed E-state index contributed by atoms with van der Waals surface area (Å²) in [6.07, 6.45) is 8.37. The molecule has 0 radical (unpaired) electrons. The first kappa shape index (κ1) is 18.8. The fraction of sp³-hybridized carbons (Fsp3) is 0.409. The number of nitrogens with zero attached hydrogens (tertiary/aromatic N) is 2. The average Bonchev–Trinajstić information content (AvgIpc) is 2.68. The van der Waals surface area contributed by atoms with E-state index in [0.29, 0.717) is 5.02 Å². The van der Waals surface area contributed by atoms with Crippen LogP contribution in [0.3, 0.4) is 0 Å². The Hall–Kier alpha value is -2.00. The maximum Gasteiger partial charge on any atom is 0.130 e. The molecule has 138 valence electrons. The molecule has 1 aromatic heterocycles. The normalized spacial score (nSPS) is 16.0. The van der Waals surface area contributed by atoms with Gasteiger partial charge in [0.1, 0.15) is 5.82 Å². The summed E-state index contributed by atoms with van der Waals surface area (Å²) >= 11 is 5.89. The molecule has 1 aliphatic rings. The second-order valence-corrected chi connectivity index (χ2v) is 7.55. The standard InChI is InChI=1S/C22H28ClN3/c1-3-20(25-22-11-7-19(23)16-24-22)8-4-18-5-9-21(10-6-18)26-14-12-17(2)13-15-26/h5-11,16-17H,3-4,12-15H2,1-2H3,(H,24,25)/b20-8+. The molecule has 1 N–H and O–H groups in total. The molecule has 1 saturated heterocycles. The number of allylic oxidation sites excluding steroid dienone is 2. The molecule has 0 spiro atoms. The van der Waals surface area contributed by atoms with Gasteiger partial charge in [0.25, 0.3) is 0 Å². The first-order valence-electron chi connectivity index (χ1n) is 9.55. The van der Waals surface area contributed by atoms with E-state index >= 15 is 0 Å². The van der Waals surface area contributed by atoms with Crippen LogP contribution in [0.25, 0.3) is 0 Å². The van der Waals surface area contributed by atoms with Crippen molar-refractivity contribution < 1.29 is 0 Å². The van der Waals surface area contributed by atoms with E-state index in [1.807, 2.05) is 12.1 Å². The number of halogens is 1. The van der Waals surface area contributed by atoms with E-state index in [1.165, 1.54) is 42.9 Å². The van der Waals surface area contributed by atoms with Crippen LogP contribution < -0.4 is 10.2 Å². The number of anilines is 2. The molecule has 4 heteroatoms. The summed E-state index contributed by atoms with van der Waals surface area (Å²) in [5.41, 5.74) is 3.86. The molecule has 0 bridgehead atoms. The molecule has 0 amide bonds. The van der Waals surface area contributed by atoms with Crippen LogP contribution in [0, 0.1) is 5.92 Å². The molecule has 0 saturated carbocycles. The van der Waals surface area contributed by atoms with Gasteiger partial charge >= 0.3 is 0 Å². The minimum atomic E-state index is 0.654. The number of hydrogen-bond donors (Lipinski definition) is 1. The fourth-order valence-electron chi connectivity index (χ4n) is 3.25. The summed E-state index contributed by atoms with van der Waals surface area (Å²) in [5.74, 6) is 1.70. The quantitative estimate of drug-likeness (QED) is 0.684. The van der Waals surface area contributed by atoms with Crippen LogP contribution in [0.5, 0.6) is 0 Å². The Balaban J connectivity index is 1.58. The fourth-order valence-corrected chi connectivity index (χ4v) is 3.36. The second kappa shape index (κ2) is 9.09. The molecule has 1 aliphatic heterocycles. The molecule has 26 heavy (non-hydrogen) atoms. The smallest absolute Gasteiger partial charge is 0.130 e. The van der Waals surface area contributed by atoms with Crippen molar-refractivity contribution in [2.24, 2.45) is 5.92 Å². The maximum atomic E-state index is 5.89. The Bertz CT molecular complexity index is 714. The summed E-state index contributed by atoms with van der Waals surface area (Å²) < 4.78 is 0. The number of piperidine rings is 1. The van der Waals surface area contributed by atoms with Crippen molar-refractivity contribution in [2.75, 3.05) is 23.3 Å². The first-order valence-corrected chi connectivity index (χ1v) is 9.93. The van der Waals surface area contributed by atoms with Gasteiger partial charge in [-0.05, 0) is 61.4 Å². The molecule has 2 aromatic rings. The third kappa shape index (κ3) is 5.25. The topological polar surface area (TPSA) is 28.2 Å². The van der Waals surface area contributed by atoms with E-state index < -0.39 is 0 Å². The van der Waals surface area contributed by atoms with Gasteiger partial charge in [0.15, 0.2) is 0 Å². The summed E-state index contributed by atoms with van der Waals surface area (Å²) in [6, 6.07) is 12.8. The van der Waals surface area contributed by atoms with Gasteiger partial charge in [-0.15, -0.1) is 0 Å². The van der Waals surface area contributed by atoms with Crippen molar-refractivity contribution in [2.45, 2.75) is 39.5 Å². The minimum Gasteiger partial charge on any atom is -0.372 e. The lowest BCUT2D eigenvalue weighted by molar-refractivity contribution is 0.438. The molecular formula is C22H28ClN3. The summed E-state index contributed by atoms with van der Waals surface area (Å²) in [4.78, 5) is 6.81. The van der Waals surface area contributed by atoms with Gasteiger partial charge < -0.3 is 10.2 Å². The molecule has 1 aromatic carbocycles. The van der Waals surface area contributed by atoms with Gasteiger partial charge in [-0.25, -0.2) is 4.98 Å². The van der Waals surface area contributed by atoms with Crippen LogP contribution in [-0.2, 0) is 6.42 Å². The third-order valence-corrected chi connectivity index (χ3v) is 5.29. The highest BCUT2D eigenvalue weighted by Gasteiger charge is 2.15. The molecule has 3 rings (SSSR count). The van der Waals surface area contributed by atoms with Gasteiger partial charge in [0, 0.05) is 30.7 Å². The number of hydrogen-bond acceptors (Lipinski definition) is 3. The summed E-state index contributed by atoms with van der Waals surface area (Å²) in [6.45, 7) is 6.86. The zero-order valence-electron chi connectivity index (χ0n) is 15.7. The highest BCUT2D eigenvalue weighted by molar-refractivity contribution is 6.30. The van der Waals surface area contributed by atoms with Crippen LogP contribution in [-0.4, -0.2) is 18.1 Å². The number of aromatic nitrogens is 1.